The SMILES string of the molecule is COCC(=O)N1CCC(NC(=O)C(=O)CC=N)(C(=O)NCc2ccc(Oc3ccc(OC)cc3C(F)(F)F)cc2)C1. The lowest BCUT2D eigenvalue weighted by Crippen LogP contribution is -2.61. The smallest absolute Gasteiger partial charge is 0.420 e. The van der Waals surface area contributed by atoms with Crippen molar-refractivity contribution >= 4 is 29.7 Å². The maximum atomic E-state index is 13.5. The van der Waals surface area contributed by atoms with Crippen molar-refractivity contribution in [1.82, 2.24) is 15.5 Å². The van der Waals surface area contributed by atoms with E-state index in [4.69, 9.17) is 19.6 Å². The number of carbonyl (C=O) groups is 4. The Morgan fingerprint density at radius 2 is 1.76 bits per heavy atom. The van der Waals surface area contributed by atoms with Gasteiger partial charge in [-0.15, -0.1) is 0 Å². The molecule has 1 fully saturated rings. The minimum Gasteiger partial charge on any atom is -0.497 e. The Kier molecular flexibility index (Phi) is 10.1. The molecule has 3 rings (SSSR count). The Morgan fingerprint density at radius 3 is 2.37 bits per heavy atom. The van der Waals surface area contributed by atoms with Crippen LogP contribution in [0.4, 0.5) is 13.2 Å². The number of likely N-dealkylation sites (tertiary alicyclic amines) is 1. The van der Waals surface area contributed by atoms with Crippen LogP contribution in [0.5, 0.6) is 17.2 Å². The van der Waals surface area contributed by atoms with Gasteiger partial charge in [-0.05, 0) is 42.3 Å². The minimum atomic E-state index is -4.67. The highest BCUT2D eigenvalue weighted by Gasteiger charge is 2.47. The van der Waals surface area contributed by atoms with E-state index in [0.717, 1.165) is 18.3 Å². The van der Waals surface area contributed by atoms with E-state index in [-0.39, 0.29) is 44.2 Å². The number of nitrogens with one attached hydrogen (secondary N) is 3. The van der Waals surface area contributed by atoms with Crippen LogP contribution in [0.1, 0.15) is 24.0 Å². The van der Waals surface area contributed by atoms with Crippen LogP contribution in [0.2, 0.25) is 0 Å². The molecule has 0 saturated carbocycles. The molecule has 0 spiro atoms. The summed E-state index contributed by atoms with van der Waals surface area (Å²) < 4.78 is 55.6. The number of amides is 3. The Labute approximate surface area is 233 Å². The van der Waals surface area contributed by atoms with Crippen LogP contribution < -0.4 is 20.1 Å². The Balaban J connectivity index is 1.71. The number of nitrogens with zero attached hydrogens (tertiary/aromatic N) is 1. The van der Waals surface area contributed by atoms with Gasteiger partial charge in [0.05, 0.1) is 20.1 Å². The molecule has 41 heavy (non-hydrogen) atoms. The summed E-state index contributed by atoms with van der Waals surface area (Å²) in [6.45, 7) is -0.325. The highest BCUT2D eigenvalue weighted by molar-refractivity contribution is 6.38. The van der Waals surface area contributed by atoms with Gasteiger partial charge in [-0.2, -0.15) is 13.2 Å². The van der Waals surface area contributed by atoms with E-state index in [0.29, 0.717) is 5.56 Å². The summed E-state index contributed by atoms with van der Waals surface area (Å²) in [5.41, 5.74) is -2.04. The fourth-order valence-corrected chi connectivity index (χ4v) is 4.15. The summed E-state index contributed by atoms with van der Waals surface area (Å²) in [7, 11) is 2.60. The highest BCUT2D eigenvalue weighted by Crippen LogP contribution is 2.40. The lowest BCUT2D eigenvalue weighted by atomic mass is 9.96. The Morgan fingerprint density at radius 1 is 1.07 bits per heavy atom. The fourth-order valence-electron chi connectivity index (χ4n) is 4.15. The van der Waals surface area contributed by atoms with Crippen molar-refractivity contribution in [3.05, 3.63) is 53.6 Å². The van der Waals surface area contributed by atoms with E-state index >= 15 is 0 Å². The first kappa shape index (κ1) is 31.1. The molecule has 11 nitrogen and oxygen atoms in total. The molecule has 1 saturated heterocycles. The molecule has 1 unspecified atom stereocenters. The molecule has 1 atom stereocenters. The lowest BCUT2D eigenvalue weighted by molar-refractivity contribution is -0.141. The standard InChI is InChI=1S/C27H29F3N4O7/c1-39-15-23(36)34-12-10-26(16-34,33-24(37)21(35)9-11-31)25(38)32-14-17-3-5-18(6-4-17)41-22-8-7-19(40-2)13-20(22)27(28,29)30/h3-8,11,13,31H,9-10,12,14-16H2,1-2H3,(H,32,38)(H,33,37). The molecule has 2 aromatic rings. The number of hydrogen-bond donors (Lipinski definition) is 3. The molecular formula is C27H29F3N4O7. The lowest BCUT2D eigenvalue weighted by Gasteiger charge is -2.29. The van der Waals surface area contributed by atoms with Gasteiger partial charge in [0, 0.05) is 26.4 Å². The largest absolute Gasteiger partial charge is 0.497 e. The maximum absolute atomic E-state index is 13.5. The Hall–Kier alpha value is -4.46. The summed E-state index contributed by atoms with van der Waals surface area (Å²) in [6.07, 6.45) is -4.31. The van der Waals surface area contributed by atoms with Gasteiger partial charge in [-0.1, -0.05) is 12.1 Å². The van der Waals surface area contributed by atoms with Crippen LogP contribution in [-0.4, -0.2) is 74.1 Å². The second-order valence-corrected chi connectivity index (χ2v) is 9.15. The quantitative estimate of drug-likeness (QED) is 0.259. The first-order valence-corrected chi connectivity index (χ1v) is 12.3. The van der Waals surface area contributed by atoms with Crippen molar-refractivity contribution in [1.29, 1.82) is 5.41 Å². The number of benzene rings is 2. The molecule has 14 heteroatoms. The molecule has 0 bridgehead atoms. The molecular weight excluding hydrogens is 549 g/mol. The summed E-state index contributed by atoms with van der Waals surface area (Å²) >= 11 is 0. The summed E-state index contributed by atoms with van der Waals surface area (Å²) in [6, 6.07) is 9.26. The van der Waals surface area contributed by atoms with Crippen LogP contribution in [0.25, 0.3) is 0 Å². The molecule has 1 heterocycles. The van der Waals surface area contributed by atoms with Crippen LogP contribution in [0.3, 0.4) is 0 Å². The van der Waals surface area contributed by atoms with E-state index in [2.05, 4.69) is 10.6 Å². The molecule has 1 aliphatic rings. The fraction of sp³-hybridized carbons (Fsp3) is 0.370. The number of halogens is 3. The first-order chi connectivity index (χ1) is 19.4. The highest BCUT2D eigenvalue weighted by atomic mass is 19.4. The molecule has 0 radical (unpaired) electrons. The van der Waals surface area contributed by atoms with Gasteiger partial charge >= 0.3 is 6.18 Å². The van der Waals surface area contributed by atoms with Gasteiger partial charge in [0.2, 0.25) is 17.6 Å². The third-order valence-electron chi connectivity index (χ3n) is 6.31. The summed E-state index contributed by atoms with van der Waals surface area (Å²) in [5, 5.41) is 12.2. The number of ether oxygens (including phenoxy) is 3. The van der Waals surface area contributed by atoms with Crippen molar-refractivity contribution in [3.8, 4) is 17.2 Å². The van der Waals surface area contributed by atoms with Crippen molar-refractivity contribution in [2.75, 3.05) is 33.9 Å². The molecule has 2 aromatic carbocycles. The van der Waals surface area contributed by atoms with E-state index in [1.54, 1.807) is 0 Å². The minimum absolute atomic E-state index is 0.0252. The second kappa shape index (κ2) is 13.3. The Bertz CT molecular complexity index is 1300. The molecule has 3 N–H and O–H groups in total. The number of hydrogen-bond acceptors (Lipinski definition) is 8. The van der Waals surface area contributed by atoms with E-state index in [1.807, 2.05) is 0 Å². The van der Waals surface area contributed by atoms with Gasteiger partial charge in [-0.25, -0.2) is 0 Å². The van der Waals surface area contributed by atoms with Crippen LogP contribution in [0.15, 0.2) is 42.5 Å². The van der Waals surface area contributed by atoms with Crippen LogP contribution in [0, 0.1) is 5.41 Å². The number of methoxy groups -OCH3 is 2. The van der Waals surface area contributed by atoms with Gasteiger partial charge in [0.1, 0.15) is 35.0 Å². The number of carbonyl (C=O) groups excluding carboxylic acids is 4. The number of ketones is 1. The molecule has 0 aromatic heterocycles. The summed E-state index contributed by atoms with van der Waals surface area (Å²) in [5.74, 6) is -3.27. The average molecular weight is 579 g/mol. The number of Topliss-reactive ketones (excluding diaryl/α,β-unsaturated/α-hetero) is 1. The summed E-state index contributed by atoms with van der Waals surface area (Å²) in [4.78, 5) is 51.3. The molecule has 1 aliphatic heterocycles. The van der Waals surface area contributed by atoms with Crippen molar-refractivity contribution in [2.24, 2.45) is 0 Å². The van der Waals surface area contributed by atoms with E-state index in [1.165, 1.54) is 49.5 Å². The molecule has 3 amide bonds. The van der Waals surface area contributed by atoms with Gasteiger partial charge in [-0.3, -0.25) is 19.2 Å². The zero-order chi connectivity index (χ0) is 30.2. The topological polar surface area (TPSA) is 147 Å². The van der Waals surface area contributed by atoms with Crippen molar-refractivity contribution in [3.63, 3.8) is 0 Å². The van der Waals surface area contributed by atoms with Gasteiger partial charge in [0.15, 0.2) is 0 Å². The molecule has 220 valence electrons. The monoisotopic (exact) mass is 578 g/mol. The maximum Gasteiger partial charge on any atom is 0.420 e. The van der Waals surface area contributed by atoms with Gasteiger partial charge < -0.3 is 35.2 Å². The third kappa shape index (κ3) is 7.81. The second-order valence-electron chi connectivity index (χ2n) is 9.15. The zero-order valence-corrected chi connectivity index (χ0v) is 22.3. The van der Waals surface area contributed by atoms with E-state index in [9.17, 15) is 32.3 Å². The molecule has 0 aliphatic carbocycles. The number of rotatable bonds is 12. The zero-order valence-electron chi connectivity index (χ0n) is 22.3. The first-order valence-electron chi connectivity index (χ1n) is 12.3. The van der Waals surface area contributed by atoms with E-state index < -0.39 is 53.0 Å². The average Bonchev–Trinajstić information content (AvgIpc) is 3.37. The van der Waals surface area contributed by atoms with Gasteiger partial charge in [0.25, 0.3) is 5.91 Å². The van der Waals surface area contributed by atoms with Crippen molar-refractivity contribution < 1.29 is 46.6 Å². The van der Waals surface area contributed by atoms with Crippen molar-refractivity contribution in [2.45, 2.75) is 31.1 Å². The third-order valence-corrected chi connectivity index (χ3v) is 6.31. The predicted molar refractivity (Wildman–Crippen MR) is 139 cm³/mol. The van der Waals surface area contributed by atoms with Crippen LogP contribution in [-0.2, 0) is 36.6 Å². The predicted octanol–water partition coefficient (Wildman–Crippen LogP) is 2.46. The number of alkyl halides is 3. The normalized spacial score (nSPS) is 16.6. The van der Waals surface area contributed by atoms with Crippen LogP contribution >= 0.6 is 0 Å².